The Morgan fingerprint density at radius 2 is 1.59 bits per heavy atom. The second kappa shape index (κ2) is 9.56. The third kappa shape index (κ3) is 4.21. The van der Waals surface area contributed by atoms with Gasteiger partial charge in [-0.05, 0) is 23.3 Å². The van der Waals surface area contributed by atoms with Gasteiger partial charge in [0.25, 0.3) is 23.4 Å². The van der Waals surface area contributed by atoms with Crippen LogP contribution in [0.25, 0.3) is 0 Å². The van der Waals surface area contributed by atoms with Gasteiger partial charge in [-0.3, -0.25) is 29.5 Å². The molecule has 0 N–H and O–H groups in total. The van der Waals surface area contributed by atoms with Crippen molar-refractivity contribution in [2.75, 3.05) is 11.4 Å². The molecule has 3 aliphatic heterocycles. The molecule has 0 aliphatic carbocycles. The monoisotopic (exact) mass is 523 g/mol. The number of fused-ring (bicyclic) bond motifs is 1. The van der Waals surface area contributed by atoms with Crippen LogP contribution < -0.4 is 4.90 Å². The zero-order chi connectivity index (χ0) is 27.1. The molecule has 194 valence electrons. The van der Waals surface area contributed by atoms with E-state index in [9.17, 15) is 24.5 Å². The van der Waals surface area contributed by atoms with E-state index in [1.807, 2.05) is 60.7 Å². The number of rotatable bonds is 6. The standard InChI is InChI=1S/C27H21N7O5/c35-23(33-22(18-9-5-2-6-10-18)15-21(29-33)17-7-3-1-4-8-17)16-31-25-24(28-30-31)26(36)32(27(25)37)19-11-13-20(14-12-19)34(38)39/h1-14,22,24-25H,15-16H2/t22-,24+,25-/m0/s1. The van der Waals surface area contributed by atoms with E-state index in [1.165, 1.54) is 34.3 Å². The fraction of sp³-hybridized carbons (Fsp3) is 0.185. The van der Waals surface area contributed by atoms with Crippen LogP contribution in [0.3, 0.4) is 0 Å². The molecule has 0 bridgehead atoms. The number of non-ortho nitro benzene ring substituents is 1. The lowest BCUT2D eigenvalue weighted by Gasteiger charge is -2.25. The van der Waals surface area contributed by atoms with Crippen LogP contribution in [0.15, 0.2) is 100 Å². The Bertz CT molecular complexity index is 1530. The molecule has 12 nitrogen and oxygen atoms in total. The highest BCUT2D eigenvalue weighted by Gasteiger charge is 2.55. The molecule has 0 unspecified atom stereocenters. The molecule has 1 fully saturated rings. The second-order valence-corrected chi connectivity index (χ2v) is 9.26. The minimum absolute atomic E-state index is 0.168. The Morgan fingerprint density at radius 1 is 0.923 bits per heavy atom. The van der Waals surface area contributed by atoms with Crippen molar-refractivity contribution < 1.29 is 19.3 Å². The van der Waals surface area contributed by atoms with E-state index in [1.54, 1.807) is 0 Å². The predicted molar refractivity (Wildman–Crippen MR) is 138 cm³/mol. The lowest BCUT2D eigenvalue weighted by atomic mass is 9.98. The van der Waals surface area contributed by atoms with Gasteiger partial charge in [0.15, 0.2) is 12.1 Å². The van der Waals surface area contributed by atoms with Crippen LogP contribution in [0.5, 0.6) is 0 Å². The maximum atomic E-state index is 13.6. The maximum absolute atomic E-state index is 13.6. The van der Waals surface area contributed by atoms with E-state index < -0.39 is 34.7 Å². The molecule has 3 aromatic carbocycles. The quantitative estimate of drug-likeness (QED) is 0.276. The summed E-state index contributed by atoms with van der Waals surface area (Å²) >= 11 is 0. The number of imide groups is 1. The molecule has 3 aliphatic rings. The first-order valence-electron chi connectivity index (χ1n) is 12.2. The molecule has 0 aromatic heterocycles. The van der Waals surface area contributed by atoms with Gasteiger partial charge in [-0.2, -0.15) is 10.2 Å². The van der Waals surface area contributed by atoms with Crippen LogP contribution in [-0.2, 0) is 14.4 Å². The molecule has 3 aromatic rings. The van der Waals surface area contributed by atoms with Gasteiger partial charge < -0.3 is 0 Å². The number of nitrogens with zero attached hydrogens (tertiary/aromatic N) is 7. The molecule has 3 amide bonds. The van der Waals surface area contributed by atoms with Crippen LogP contribution in [-0.4, -0.2) is 57.0 Å². The summed E-state index contributed by atoms with van der Waals surface area (Å²) < 4.78 is 0. The fourth-order valence-corrected chi connectivity index (χ4v) is 5.02. The van der Waals surface area contributed by atoms with Gasteiger partial charge in [0.2, 0.25) is 0 Å². The van der Waals surface area contributed by atoms with E-state index in [-0.39, 0.29) is 24.0 Å². The highest BCUT2D eigenvalue weighted by molar-refractivity contribution is 6.25. The van der Waals surface area contributed by atoms with Crippen LogP contribution in [0.2, 0.25) is 0 Å². The van der Waals surface area contributed by atoms with Crippen LogP contribution in [0, 0.1) is 10.1 Å². The lowest BCUT2D eigenvalue weighted by Crippen LogP contribution is -2.44. The highest BCUT2D eigenvalue weighted by Crippen LogP contribution is 2.35. The second-order valence-electron chi connectivity index (χ2n) is 9.26. The third-order valence-electron chi connectivity index (χ3n) is 6.93. The van der Waals surface area contributed by atoms with Crippen molar-refractivity contribution in [1.82, 2.24) is 10.0 Å². The van der Waals surface area contributed by atoms with Gasteiger partial charge in [0.05, 0.1) is 22.4 Å². The Hall–Kier alpha value is -5.26. The smallest absolute Gasteiger partial charge is 0.269 e. The molecular formula is C27H21N7O5. The van der Waals surface area contributed by atoms with Crippen molar-refractivity contribution in [1.29, 1.82) is 0 Å². The Morgan fingerprint density at radius 3 is 2.26 bits per heavy atom. The van der Waals surface area contributed by atoms with E-state index in [4.69, 9.17) is 0 Å². The predicted octanol–water partition coefficient (Wildman–Crippen LogP) is 3.27. The first-order chi connectivity index (χ1) is 18.9. The zero-order valence-electron chi connectivity index (χ0n) is 20.4. The summed E-state index contributed by atoms with van der Waals surface area (Å²) in [5.41, 5.74) is 2.60. The number of carbonyl (C=O) groups excluding carboxylic acids is 3. The largest absolute Gasteiger partial charge is 0.271 e. The number of anilines is 1. The molecule has 3 heterocycles. The maximum Gasteiger partial charge on any atom is 0.269 e. The number of carbonyl (C=O) groups is 3. The van der Waals surface area contributed by atoms with Gasteiger partial charge in [-0.25, -0.2) is 9.91 Å². The topological polar surface area (TPSA) is 141 Å². The summed E-state index contributed by atoms with van der Waals surface area (Å²) in [4.78, 5) is 51.3. The summed E-state index contributed by atoms with van der Waals surface area (Å²) in [6, 6.07) is 21.7. The zero-order valence-corrected chi connectivity index (χ0v) is 20.4. The summed E-state index contributed by atoms with van der Waals surface area (Å²) in [7, 11) is 0. The van der Waals surface area contributed by atoms with Crippen molar-refractivity contribution in [2.45, 2.75) is 24.5 Å². The van der Waals surface area contributed by atoms with Crippen molar-refractivity contribution >= 4 is 34.8 Å². The van der Waals surface area contributed by atoms with Gasteiger partial charge in [0.1, 0.15) is 6.54 Å². The number of nitro benzene ring substituents is 1. The summed E-state index contributed by atoms with van der Waals surface area (Å²) in [6.45, 7) is -0.313. The highest BCUT2D eigenvalue weighted by atomic mass is 16.6. The molecule has 39 heavy (non-hydrogen) atoms. The van der Waals surface area contributed by atoms with Crippen LogP contribution in [0.1, 0.15) is 23.6 Å². The first-order valence-corrected chi connectivity index (χ1v) is 12.2. The van der Waals surface area contributed by atoms with Crippen LogP contribution >= 0.6 is 0 Å². The Kier molecular flexibility index (Phi) is 5.91. The molecule has 1 saturated heterocycles. The molecule has 6 rings (SSSR count). The Labute approximate surface area is 222 Å². The van der Waals surface area contributed by atoms with Crippen molar-refractivity contribution in [3.8, 4) is 0 Å². The molecule has 3 atom stereocenters. The SMILES string of the molecule is O=C1[C@@H]2[C@@H](N=NN2CC(=O)N2N=C(c3ccccc3)C[C@H]2c2ccccc2)C(=O)N1c1ccc([N+](=O)[O-])cc1. The normalized spacial score (nSPS) is 21.9. The van der Waals surface area contributed by atoms with E-state index in [0.717, 1.165) is 21.7 Å². The number of benzene rings is 3. The fourth-order valence-electron chi connectivity index (χ4n) is 5.02. The first kappa shape index (κ1) is 24.1. The van der Waals surface area contributed by atoms with Crippen LogP contribution in [0.4, 0.5) is 11.4 Å². The summed E-state index contributed by atoms with van der Waals surface area (Å²) in [6.07, 6.45) is 0.513. The van der Waals surface area contributed by atoms with Gasteiger partial charge in [-0.15, -0.1) is 0 Å². The summed E-state index contributed by atoms with van der Waals surface area (Å²) in [5, 5.41) is 26.2. The van der Waals surface area contributed by atoms with Gasteiger partial charge in [-0.1, -0.05) is 65.9 Å². The average molecular weight is 524 g/mol. The minimum Gasteiger partial charge on any atom is -0.271 e. The molecule has 12 heteroatoms. The number of hydrogen-bond acceptors (Lipinski definition) is 9. The number of nitro groups is 1. The molecule has 0 radical (unpaired) electrons. The van der Waals surface area contributed by atoms with Gasteiger partial charge >= 0.3 is 0 Å². The number of hydrogen-bond donors (Lipinski definition) is 0. The van der Waals surface area contributed by atoms with Crippen molar-refractivity contribution in [2.24, 2.45) is 15.4 Å². The minimum atomic E-state index is -1.10. The van der Waals surface area contributed by atoms with Crippen molar-refractivity contribution in [3.63, 3.8) is 0 Å². The average Bonchev–Trinajstić information content (AvgIpc) is 3.65. The van der Waals surface area contributed by atoms with E-state index in [0.29, 0.717) is 6.42 Å². The van der Waals surface area contributed by atoms with E-state index in [2.05, 4.69) is 15.4 Å². The third-order valence-corrected chi connectivity index (χ3v) is 6.93. The number of amides is 3. The number of hydrazone groups is 1. The lowest BCUT2D eigenvalue weighted by molar-refractivity contribution is -0.384. The summed E-state index contributed by atoms with van der Waals surface area (Å²) in [5.74, 6) is -1.61. The molecule has 0 saturated carbocycles. The van der Waals surface area contributed by atoms with E-state index >= 15 is 0 Å². The molecular weight excluding hydrogens is 502 g/mol. The van der Waals surface area contributed by atoms with Gasteiger partial charge in [0, 0.05) is 18.6 Å². The molecule has 0 spiro atoms. The van der Waals surface area contributed by atoms with Crippen molar-refractivity contribution in [3.05, 3.63) is 106 Å². The Balaban J connectivity index is 1.24.